The lowest BCUT2D eigenvalue weighted by Gasteiger charge is -2.18. The van der Waals surface area contributed by atoms with Gasteiger partial charge >= 0.3 is 5.97 Å². The molecule has 100 valence electrons. The molecule has 1 aromatic carbocycles. The first kappa shape index (κ1) is 14.6. The Morgan fingerprint density at radius 3 is 2.33 bits per heavy atom. The highest BCUT2D eigenvalue weighted by Crippen LogP contribution is 2.20. The van der Waals surface area contributed by atoms with Crippen molar-refractivity contribution < 1.29 is 14.6 Å². The van der Waals surface area contributed by atoms with Crippen LogP contribution < -0.4 is 4.74 Å². The molecular weight excluding hydrogens is 228 g/mol. The zero-order chi connectivity index (χ0) is 13.6. The number of ether oxygens (including phenoxy) is 1. The molecule has 0 aromatic heterocycles. The maximum atomic E-state index is 10.5. The summed E-state index contributed by atoms with van der Waals surface area (Å²) in [4.78, 5) is 10.5. The maximum Gasteiger partial charge on any atom is 0.303 e. The number of aliphatic carboxylic acids is 1. The van der Waals surface area contributed by atoms with Crippen molar-refractivity contribution in [3.8, 4) is 5.75 Å². The summed E-state index contributed by atoms with van der Waals surface area (Å²) in [6.07, 6.45) is 1.75. The Balaban J connectivity index is 2.38. The molecule has 0 atom stereocenters. The molecule has 1 N–H and O–H groups in total. The lowest BCUT2D eigenvalue weighted by Crippen LogP contribution is -2.11. The van der Waals surface area contributed by atoms with E-state index >= 15 is 0 Å². The summed E-state index contributed by atoms with van der Waals surface area (Å²) in [5, 5.41) is 8.60. The summed E-state index contributed by atoms with van der Waals surface area (Å²) in [7, 11) is 0. The zero-order valence-electron chi connectivity index (χ0n) is 11.4. The van der Waals surface area contributed by atoms with Gasteiger partial charge in [0.15, 0.2) is 0 Å². The molecule has 18 heavy (non-hydrogen) atoms. The van der Waals surface area contributed by atoms with Gasteiger partial charge in [-0.3, -0.25) is 4.79 Å². The second-order valence-corrected chi connectivity index (χ2v) is 5.70. The van der Waals surface area contributed by atoms with Gasteiger partial charge in [-0.1, -0.05) is 32.9 Å². The fourth-order valence-corrected chi connectivity index (χ4v) is 1.48. The molecule has 0 radical (unpaired) electrons. The SMILES string of the molecule is CC(C)(C)CCOc1ccc(CCC(=O)O)cc1. The molecule has 0 heterocycles. The molecule has 0 amide bonds. The van der Waals surface area contributed by atoms with Crippen LogP contribution in [-0.4, -0.2) is 17.7 Å². The Bertz CT molecular complexity index is 374. The van der Waals surface area contributed by atoms with Gasteiger partial charge in [-0.05, 0) is 36.0 Å². The first-order valence-corrected chi connectivity index (χ1v) is 6.30. The average molecular weight is 250 g/mol. The Hall–Kier alpha value is -1.51. The quantitative estimate of drug-likeness (QED) is 0.840. The van der Waals surface area contributed by atoms with Gasteiger partial charge in [-0.15, -0.1) is 0 Å². The van der Waals surface area contributed by atoms with Crippen molar-refractivity contribution in [1.29, 1.82) is 0 Å². The second-order valence-electron chi connectivity index (χ2n) is 5.70. The molecule has 1 rings (SSSR count). The Labute approximate surface area is 109 Å². The van der Waals surface area contributed by atoms with Gasteiger partial charge in [0.1, 0.15) is 5.75 Å². The minimum atomic E-state index is -0.763. The Morgan fingerprint density at radius 1 is 1.22 bits per heavy atom. The van der Waals surface area contributed by atoms with Gasteiger partial charge in [0, 0.05) is 6.42 Å². The van der Waals surface area contributed by atoms with Crippen molar-refractivity contribution in [2.45, 2.75) is 40.0 Å². The minimum absolute atomic E-state index is 0.171. The molecule has 0 bridgehead atoms. The van der Waals surface area contributed by atoms with Crippen molar-refractivity contribution >= 4 is 5.97 Å². The summed E-state index contributed by atoms with van der Waals surface area (Å²) < 4.78 is 5.65. The average Bonchev–Trinajstić information content (AvgIpc) is 2.26. The van der Waals surface area contributed by atoms with Crippen LogP contribution in [0.2, 0.25) is 0 Å². The highest BCUT2D eigenvalue weighted by atomic mass is 16.5. The van der Waals surface area contributed by atoms with E-state index in [1.807, 2.05) is 24.3 Å². The van der Waals surface area contributed by atoms with Crippen molar-refractivity contribution in [3.63, 3.8) is 0 Å². The van der Waals surface area contributed by atoms with E-state index in [2.05, 4.69) is 20.8 Å². The number of hydrogen-bond acceptors (Lipinski definition) is 2. The normalized spacial score (nSPS) is 11.3. The number of carboxylic acid groups (broad SMARTS) is 1. The molecule has 0 unspecified atom stereocenters. The number of carbonyl (C=O) groups is 1. The van der Waals surface area contributed by atoms with Crippen LogP contribution in [0.25, 0.3) is 0 Å². The molecule has 0 aliphatic rings. The Kier molecular flexibility index (Phi) is 5.20. The predicted octanol–water partition coefficient (Wildman–Crippen LogP) is 3.52. The lowest BCUT2D eigenvalue weighted by atomic mass is 9.93. The molecule has 0 spiro atoms. The molecule has 1 aromatic rings. The van der Waals surface area contributed by atoms with Crippen LogP contribution >= 0.6 is 0 Å². The number of benzene rings is 1. The monoisotopic (exact) mass is 250 g/mol. The van der Waals surface area contributed by atoms with Gasteiger partial charge in [-0.25, -0.2) is 0 Å². The zero-order valence-corrected chi connectivity index (χ0v) is 11.4. The molecule has 0 saturated heterocycles. The number of aryl methyl sites for hydroxylation is 1. The van der Waals surface area contributed by atoms with E-state index in [1.165, 1.54) is 0 Å². The topological polar surface area (TPSA) is 46.5 Å². The first-order chi connectivity index (χ1) is 8.37. The second kappa shape index (κ2) is 6.43. The number of hydrogen-bond donors (Lipinski definition) is 1. The fraction of sp³-hybridized carbons (Fsp3) is 0.533. The number of rotatable bonds is 6. The molecule has 0 saturated carbocycles. The van der Waals surface area contributed by atoms with Gasteiger partial charge in [0.05, 0.1) is 6.61 Å². The largest absolute Gasteiger partial charge is 0.494 e. The highest BCUT2D eigenvalue weighted by Gasteiger charge is 2.09. The smallest absolute Gasteiger partial charge is 0.303 e. The van der Waals surface area contributed by atoms with E-state index in [0.717, 1.165) is 17.7 Å². The van der Waals surface area contributed by atoms with Crippen LogP contribution in [-0.2, 0) is 11.2 Å². The van der Waals surface area contributed by atoms with E-state index in [0.29, 0.717) is 13.0 Å². The minimum Gasteiger partial charge on any atom is -0.494 e. The van der Waals surface area contributed by atoms with E-state index in [-0.39, 0.29) is 11.8 Å². The fourth-order valence-electron chi connectivity index (χ4n) is 1.48. The third-order valence-electron chi connectivity index (χ3n) is 2.67. The third kappa shape index (κ3) is 6.28. The molecule has 3 heteroatoms. The molecule has 3 nitrogen and oxygen atoms in total. The maximum absolute atomic E-state index is 10.5. The van der Waals surface area contributed by atoms with Crippen molar-refractivity contribution in [2.24, 2.45) is 5.41 Å². The van der Waals surface area contributed by atoms with Crippen molar-refractivity contribution in [2.75, 3.05) is 6.61 Å². The van der Waals surface area contributed by atoms with Crippen LogP contribution in [0, 0.1) is 5.41 Å². The van der Waals surface area contributed by atoms with Crippen molar-refractivity contribution in [3.05, 3.63) is 29.8 Å². The Morgan fingerprint density at radius 2 is 1.83 bits per heavy atom. The van der Waals surface area contributed by atoms with E-state index in [9.17, 15) is 4.79 Å². The van der Waals surface area contributed by atoms with Crippen LogP contribution in [0.3, 0.4) is 0 Å². The standard InChI is InChI=1S/C15H22O3/c1-15(2,3)10-11-18-13-7-4-12(5-8-13)6-9-14(16)17/h4-5,7-8H,6,9-11H2,1-3H3,(H,16,17). The third-order valence-corrected chi connectivity index (χ3v) is 2.67. The summed E-state index contributed by atoms with van der Waals surface area (Å²) in [5.74, 6) is 0.0822. The molecule has 0 aliphatic heterocycles. The summed E-state index contributed by atoms with van der Waals surface area (Å²) in [6, 6.07) is 7.66. The number of carboxylic acids is 1. The van der Waals surface area contributed by atoms with Gasteiger partial charge in [0.2, 0.25) is 0 Å². The van der Waals surface area contributed by atoms with Crippen LogP contribution in [0.1, 0.15) is 39.2 Å². The van der Waals surface area contributed by atoms with Crippen molar-refractivity contribution in [1.82, 2.24) is 0 Å². The summed E-state index contributed by atoms with van der Waals surface area (Å²) >= 11 is 0. The van der Waals surface area contributed by atoms with Gasteiger partial charge in [-0.2, -0.15) is 0 Å². The summed E-state index contributed by atoms with van der Waals surface area (Å²) in [6.45, 7) is 7.26. The van der Waals surface area contributed by atoms with E-state index in [4.69, 9.17) is 9.84 Å². The summed E-state index contributed by atoms with van der Waals surface area (Å²) in [5.41, 5.74) is 1.31. The lowest BCUT2D eigenvalue weighted by molar-refractivity contribution is -0.136. The molecule has 0 aliphatic carbocycles. The molecule has 0 fully saturated rings. The van der Waals surface area contributed by atoms with E-state index in [1.54, 1.807) is 0 Å². The van der Waals surface area contributed by atoms with Crippen LogP contribution in [0.4, 0.5) is 0 Å². The van der Waals surface area contributed by atoms with Gasteiger partial charge < -0.3 is 9.84 Å². The predicted molar refractivity (Wildman–Crippen MR) is 72.0 cm³/mol. The molecular formula is C15H22O3. The van der Waals surface area contributed by atoms with Gasteiger partial charge in [0.25, 0.3) is 0 Å². The van der Waals surface area contributed by atoms with Crippen LogP contribution in [0.15, 0.2) is 24.3 Å². The van der Waals surface area contributed by atoms with Crippen LogP contribution in [0.5, 0.6) is 5.75 Å². The highest BCUT2D eigenvalue weighted by molar-refractivity contribution is 5.67. The first-order valence-electron chi connectivity index (χ1n) is 6.30. The van der Waals surface area contributed by atoms with E-state index < -0.39 is 5.97 Å².